The summed E-state index contributed by atoms with van der Waals surface area (Å²) in [5, 5.41) is 5.71. The lowest BCUT2D eigenvalue weighted by atomic mass is 9.89. The second kappa shape index (κ2) is 15.5. The third-order valence-electron chi connectivity index (χ3n) is 12.1. The van der Waals surface area contributed by atoms with Crippen molar-refractivity contribution < 1.29 is 4.42 Å². The second-order valence-corrected chi connectivity index (χ2v) is 18.0. The lowest BCUT2D eigenvalue weighted by molar-refractivity contribution is 0.669. The number of hydrogen-bond acceptors (Lipinski definition) is 6. The van der Waals surface area contributed by atoms with Crippen molar-refractivity contribution in [3.63, 3.8) is 0 Å². The maximum absolute atomic E-state index is 6.66. The molecular weight excluding hydrogens is 819 g/mol. The van der Waals surface area contributed by atoms with E-state index in [0.717, 1.165) is 55.3 Å². The van der Waals surface area contributed by atoms with Gasteiger partial charge in [-0.1, -0.05) is 164 Å². The topological polar surface area (TPSA) is 51.8 Å². The number of allylic oxidation sites excluding steroid dienone is 1. The van der Waals surface area contributed by atoms with Crippen LogP contribution in [0.2, 0.25) is 0 Å². The Hall–Kier alpha value is -7.77. The molecule has 6 heteroatoms. The molecular formula is C58H37N3OS2. The number of fused-ring (bicyclic) bond motifs is 7. The highest BCUT2D eigenvalue weighted by Gasteiger charge is 2.22. The van der Waals surface area contributed by atoms with E-state index < -0.39 is 0 Å². The first-order valence-corrected chi connectivity index (χ1v) is 22.9. The number of nitrogens with zero attached hydrogens (tertiary/aromatic N) is 3. The van der Waals surface area contributed by atoms with Gasteiger partial charge in [0.15, 0.2) is 17.5 Å². The first-order chi connectivity index (χ1) is 31.6. The molecule has 0 saturated carbocycles. The molecule has 4 aromatic heterocycles. The van der Waals surface area contributed by atoms with Crippen LogP contribution in [-0.4, -0.2) is 15.0 Å². The van der Waals surface area contributed by atoms with Crippen LogP contribution in [0.4, 0.5) is 0 Å². The molecule has 4 heterocycles. The van der Waals surface area contributed by atoms with E-state index in [1.54, 1.807) is 11.3 Å². The Morgan fingerprint density at radius 1 is 0.453 bits per heavy atom. The highest BCUT2D eigenvalue weighted by Crippen LogP contribution is 2.48. The summed E-state index contributed by atoms with van der Waals surface area (Å²) < 4.78 is 10.4. The largest absolute Gasteiger partial charge is 0.456 e. The van der Waals surface area contributed by atoms with E-state index in [-0.39, 0.29) is 0 Å². The Morgan fingerprint density at radius 2 is 1.12 bits per heavy atom. The number of hydrogen-bond donors (Lipinski definition) is 0. The predicted molar refractivity (Wildman–Crippen MR) is 273 cm³/mol. The molecule has 0 fully saturated rings. The summed E-state index contributed by atoms with van der Waals surface area (Å²) in [4.78, 5) is 16.6. The molecule has 0 aliphatic carbocycles. The molecule has 0 aliphatic heterocycles. The van der Waals surface area contributed by atoms with Crippen LogP contribution in [-0.2, 0) is 0 Å². The molecule has 0 amide bonds. The van der Waals surface area contributed by atoms with Crippen LogP contribution in [0.15, 0.2) is 193 Å². The Bertz CT molecular complexity index is 3800. The summed E-state index contributed by atoms with van der Waals surface area (Å²) >= 11 is 3.63. The van der Waals surface area contributed by atoms with Gasteiger partial charge in [-0.2, -0.15) is 0 Å². The summed E-state index contributed by atoms with van der Waals surface area (Å²) in [5.41, 5.74) is 12.5. The molecule has 0 aliphatic rings. The van der Waals surface area contributed by atoms with Crippen LogP contribution in [0.1, 0.15) is 17.4 Å². The molecule has 0 saturated heterocycles. The minimum atomic E-state index is 0.585. The van der Waals surface area contributed by atoms with E-state index in [2.05, 4.69) is 153 Å². The van der Waals surface area contributed by atoms with E-state index in [9.17, 15) is 0 Å². The van der Waals surface area contributed by atoms with E-state index in [0.29, 0.717) is 17.5 Å². The van der Waals surface area contributed by atoms with Gasteiger partial charge in [0.1, 0.15) is 11.2 Å². The Morgan fingerprint density at radius 3 is 1.91 bits per heavy atom. The fraction of sp³-hybridized carbons (Fsp3) is 0.0172. The molecule has 0 radical (unpaired) electrons. The normalized spacial score (nSPS) is 11.8. The zero-order valence-electron chi connectivity index (χ0n) is 34.7. The number of thiophene rings is 2. The monoisotopic (exact) mass is 855 g/mol. The van der Waals surface area contributed by atoms with E-state index in [1.807, 2.05) is 65.9 Å². The van der Waals surface area contributed by atoms with Gasteiger partial charge in [0.05, 0.1) is 0 Å². The number of benzene rings is 8. The summed E-state index contributed by atoms with van der Waals surface area (Å²) in [6.45, 7) is 6.20. The van der Waals surface area contributed by atoms with Crippen molar-refractivity contribution in [1.82, 2.24) is 15.0 Å². The Kier molecular flexibility index (Phi) is 9.22. The first-order valence-electron chi connectivity index (χ1n) is 21.3. The summed E-state index contributed by atoms with van der Waals surface area (Å²) in [5.74, 6) is 1.80. The molecule has 0 atom stereocenters. The van der Waals surface area contributed by atoms with Crippen molar-refractivity contribution >= 4 is 87.0 Å². The molecule has 0 bridgehead atoms. The quantitative estimate of drug-likeness (QED) is 0.153. The molecule has 0 spiro atoms. The van der Waals surface area contributed by atoms with E-state index in [1.165, 1.54) is 57.4 Å². The van der Waals surface area contributed by atoms with Crippen LogP contribution < -0.4 is 0 Å². The average Bonchev–Trinajstić information content (AvgIpc) is 4.05. The molecule has 64 heavy (non-hydrogen) atoms. The van der Waals surface area contributed by atoms with Crippen molar-refractivity contribution in [2.24, 2.45) is 0 Å². The van der Waals surface area contributed by atoms with Gasteiger partial charge in [-0.15, -0.1) is 22.7 Å². The highest BCUT2D eigenvalue weighted by molar-refractivity contribution is 7.26. The standard InChI is InChI=1S/C58H37N3OS2/c1-3-14-42-43-29-27-39(34-52(43)63-49(42)4-2)41-30-32-51-55(44-19-11-12-22-50(44)64-51)53(41)40-28-31-47-46(33-40)54-45(20-13-21-48(54)62-47)58-60-56(37-17-9-6-10-18-37)59-57(61-58)38-25-23-36(24-26-38)35-15-7-5-8-16-35/h3-34H,2H2,1H3/b14-3-. The molecule has 0 unspecified atom stereocenters. The fourth-order valence-electron chi connectivity index (χ4n) is 9.10. The smallest absolute Gasteiger partial charge is 0.164 e. The average molecular weight is 856 g/mol. The molecule has 302 valence electrons. The van der Waals surface area contributed by atoms with Crippen molar-refractivity contribution in [1.29, 1.82) is 0 Å². The van der Waals surface area contributed by atoms with Crippen molar-refractivity contribution in [3.05, 3.63) is 199 Å². The summed E-state index contributed by atoms with van der Waals surface area (Å²) in [7, 11) is 0. The molecule has 0 N–H and O–H groups in total. The number of furan rings is 1. The van der Waals surface area contributed by atoms with Crippen molar-refractivity contribution in [2.45, 2.75) is 6.92 Å². The minimum Gasteiger partial charge on any atom is -0.456 e. The third kappa shape index (κ3) is 6.38. The van der Waals surface area contributed by atoms with Gasteiger partial charge in [-0.05, 0) is 82.3 Å². The van der Waals surface area contributed by atoms with Gasteiger partial charge < -0.3 is 4.42 Å². The van der Waals surface area contributed by atoms with Gasteiger partial charge in [0.2, 0.25) is 0 Å². The van der Waals surface area contributed by atoms with Gasteiger partial charge >= 0.3 is 0 Å². The summed E-state index contributed by atoms with van der Waals surface area (Å²) in [6.07, 6.45) is 6.26. The van der Waals surface area contributed by atoms with E-state index >= 15 is 0 Å². The first kappa shape index (κ1) is 37.9. The lowest BCUT2D eigenvalue weighted by Gasteiger charge is -2.14. The zero-order valence-corrected chi connectivity index (χ0v) is 36.4. The molecule has 12 rings (SSSR count). The van der Waals surface area contributed by atoms with Crippen LogP contribution >= 0.6 is 22.7 Å². The van der Waals surface area contributed by atoms with Gasteiger partial charge in [-0.3, -0.25) is 0 Å². The van der Waals surface area contributed by atoms with Gasteiger partial charge in [0.25, 0.3) is 0 Å². The van der Waals surface area contributed by atoms with Crippen LogP contribution in [0.3, 0.4) is 0 Å². The third-order valence-corrected chi connectivity index (χ3v) is 14.4. The minimum absolute atomic E-state index is 0.585. The molecule has 8 aromatic carbocycles. The van der Waals surface area contributed by atoms with Gasteiger partial charge in [-0.25, -0.2) is 15.0 Å². The van der Waals surface area contributed by atoms with E-state index in [4.69, 9.17) is 19.4 Å². The zero-order chi connectivity index (χ0) is 42.7. The maximum atomic E-state index is 6.66. The Balaban J connectivity index is 1.07. The highest BCUT2D eigenvalue weighted by atomic mass is 32.1. The van der Waals surface area contributed by atoms with Crippen LogP contribution in [0, 0.1) is 0 Å². The predicted octanol–water partition coefficient (Wildman–Crippen LogP) is 17.0. The van der Waals surface area contributed by atoms with Gasteiger partial charge in [0, 0.05) is 62.6 Å². The number of aromatic nitrogens is 3. The second-order valence-electron chi connectivity index (χ2n) is 15.9. The Labute approximate surface area is 377 Å². The SMILES string of the molecule is C=Cc1sc2cc(-c3ccc4sc5ccccc5c4c3-c3ccc4oc5cccc(-c6nc(-c7ccccc7)nc(-c7ccc(-c8ccccc8)cc7)n6)c5c4c3)ccc2c1/C=C\C. The molecule has 4 nitrogen and oxygen atoms in total. The molecule has 12 aromatic rings. The fourth-order valence-corrected chi connectivity index (χ4v) is 11.3. The van der Waals surface area contributed by atoms with Crippen molar-refractivity contribution in [2.75, 3.05) is 0 Å². The lowest BCUT2D eigenvalue weighted by Crippen LogP contribution is -2.00. The summed E-state index contributed by atoms with van der Waals surface area (Å²) in [6, 6.07) is 62.0. The van der Waals surface area contributed by atoms with Crippen molar-refractivity contribution in [3.8, 4) is 67.5 Å². The van der Waals surface area contributed by atoms with Crippen LogP contribution in [0.5, 0.6) is 0 Å². The maximum Gasteiger partial charge on any atom is 0.164 e. The van der Waals surface area contributed by atoms with Crippen LogP contribution in [0.25, 0.3) is 132 Å². The number of rotatable bonds is 8.